The number of halogens is 2. The molecule has 130 valence electrons. The fourth-order valence-corrected chi connectivity index (χ4v) is 4.19. The van der Waals surface area contributed by atoms with Crippen LogP contribution in [0.2, 0.25) is 5.02 Å². The number of hydrogen-bond donors (Lipinski definition) is 1. The summed E-state index contributed by atoms with van der Waals surface area (Å²) in [6.07, 6.45) is 0. The molecule has 0 radical (unpaired) electrons. The number of nitrogens with two attached hydrogens (primary N) is 1. The van der Waals surface area contributed by atoms with Crippen LogP contribution in [0.5, 0.6) is 5.75 Å². The second kappa shape index (κ2) is 6.76. The van der Waals surface area contributed by atoms with Crippen molar-refractivity contribution in [1.29, 1.82) is 0 Å². The monoisotopic (exact) mass is 397 g/mol. The Balaban J connectivity index is 2.08. The van der Waals surface area contributed by atoms with Gasteiger partial charge in [0.2, 0.25) is 10.0 Å². The minimum atomic E-state index is -4.10. The SMILES string of the molecule is COc1ccc(-c2cscc2-c2ccc(S(N)(=O)=O)c(F)c2)cc1Cl. The van der Waals surface area contributed by atoms with Crippen molar-refractivity contribution in [2.24, 2.45) is 5.14 Å². The lowest BCUT2D eigenvalue weighted by molar-refractivity contribution is 0.415. The number of hydrogen-bond acceptors (Lipinski definition) is 4. The number of methoxy groups -OCH3 is 1. The van der Waals surface area contributed by atoms with Gasteiger partial charge in [-0.05, 0) is 46.2 Å². The van der Waals surface area contributed by atoms with Gasteiger partial charge in [0.05, 0.1) is 12.1 Å². The molecule has 3 aromatic rings. The van der Waals surface area contributed by atoms with E-state index in [0.717, 1.165) is 22.8 Å². The van der Waals surface area contributed by atoms with E-state index in [1.807, 2.05) is 16.8 Å². The second-order valence-corrected chi connectivity index (χ2v) is 7.92. The standard InChI is InChI=1S/C17H13ClFNO3S2/c1-23-16-4-2-10(6-14(16)18)12-8-24-9-13(12)11-3-5-17(15(19)7-11)25(20,21)22/h2-9H,1H3,(H2,20,21,22). The third kappa shape index (κ3) is 3.55. The molecule has 2 aromatic carbocycles. The number of benzene rings is 2. The first-order chi connectivity index (χ1) is 11.8. The lowest BCUT2D eigenvalue weighted by Gasteiger charge is -2.09. The van der Waals surface area contributed by atoms with Gasteiger partial charge in [-0.2, -0.15) is 11.3 Å². The van der Waals surface area contributed by atoms with Crippen molar-refractivity contribution in [3.63, 3.8) is 0 Å². The van der Waals surface area contributed by atoms with E-state index in [-0.39, 0.29) is 0 Å². The van der Waals surface area contributed by atoms with E-state index in [4.69, 9.17) is 21.5 Å². The predicted octanol–water partition coefficient (Wildman–Crippen LogP) is 4.53. The van der Waals surface area contributed by atoms with Crippen LogP contribution in [0.4, 0.5) is 4.39 Å². The summed E-state index contributed by atoms with van der Waals surface area (Å²) in [4.78, 5) is -0.527. The maximum absolute atomic E-state index is 14.1. The molecule has 0 saturated carbocycles. The maximum atomic E-state index is 14.1. The largest absolute Gasteiger partial charge is 0.495 e. The molecule has 0 spiro atoms. The van der Waals surface area contributed by atoms with Gasteiger partial charge in [-0.15, -0.1) is 0 Å². The van der Waals surface area contributed by atoms with E-state index in [9.17, 15) is 12.8 Å². The van der Waals surface area contributed by atoms with Gasteiger partial charge in [0, 0.05) is 11.1 Å². The number of sulfonamides is 1. The topological polar surface area (TPSA) is 69.4 Å². The van der Waals surface area contributed by atoms with Gasteiger partial charge >= 0.3 is 0 Å². The van der Waals surface area contributed by atoms with Crippen LogP contribution in [0.25, 0.3) is 22.3 Å². The van der Waals surface area contributed by atoms with E-state index in [2.05, 4.69) is 0 Å². The smallest absolute Gasteiger partial charge is 0.240 e. The summed E-state index contributed by atoms with van der Waals surface area (Å²) >= 11 is 7.63. The highest BCUT2D eigenvalue weighted by molar-refractivity contribution is 7.89. The quantitative estimate of drug-likeness (QED) is 0.703. The van der Waals surface area contributed by atoms with Crippen molar-refractivity contribution >= 4 is 33.0 Å². The van der Waals surface area contributed by atoms with Gasteiger partial charge in [-0.1, -0.05) is 23.7 Å². The molecule has 8 heteroatoms. The van der Waals surface area contributed by atoms with E-state index in [0.29, 0.717) is 16.3 Å². The fourth-order valence-electron chi connectivity index (χ4n) is 2.48. The van der Waals surface area contributed by atoms with Crippen molar-refractivity contribution in [3.05, 3.63) is 58.0 Å². The summed E-state index contributed by atoms with van der Waals surface area (Å²) < 4.78 is 42.0. The first kappa shape index (κ1) is 17.9. The van der Waals surface area contributed by atoms with Gasteiger partial charge in [0.15, 0.2) is 0 Å². The van der Waals surface area contributed by atoms with E-state index >= 15 is 0 Å². The normalized spacial score (nSPS) is 11.5. The molecular formula is C17H13ClFNO3S2. The molecular weight excluding hydrogens is 385 g/mol. The summed E-state index contributed by atoms with van der Waals surface area (Å²) in [5, 5.41) is 9.24. The molecule has 0 atom stereocenters. The Hall–Kier alpha value is -1.93. The third-order valence-electron chi connectivity index (χ3n) is 3.67. The zero-order chi connectivity index (χ0) is 18.2. The number of ether oxygens (including phenoxy) is 1. The highest BCUT2D eigenvalue weighted by Gasteiger charge is 2.17. The van der Waals surface area contributed by atoms with Crippen molar-refractivity contribution in [1.82, 2.24) is 0 Å². The van der Waals surface area contributed by atoms with Crippen molar-refractivity contribution < 1.29 is 17.5 Å². The Morgan fingerprint density at radius 2 is 1.68 bits per heavy atom. The minimum absolute atomic E-state index is 0.466. The van der Waals surface area contributed by atoms with E-state index in [1.165, 1.54) is 30.6 Å². The van der Waals surface area contributed by atoms with Crippen molar-refractivity contribution in [3.8, 4) is 28.0 Å². The molecule has 0 bridgehead atoms. The van der Waals surface area contributed by atoms with Crippen LogP contribution in [-0.4, -0.2) is 15.5 Å². The maximum Gasteiger partial charge on any atom is 0.240 e. The number of primary sulfonamides is 1. The van der Waals surface area contributed by atoms with Crippen molar-refractivity contribution in [2.75, 3.05) is 7.11 Å². The lowest BCUT2D eigenvalue weighted by atomic mass is 9.99. The van der Waals surface area contributed by atoms with Crippen LogP contribution in [-0.2, 0) is 10.0 Å². The van der Waals surface area contributed by atoms with Gasteiger partial charge < -0.3 is 4.74 Å². The second-order valence-electron chi connectivity index (χ2n) is 5.24. The van der Waals surface area contributed by atoms with Crippen LogP contribution >= 0.6 is 22.9 Å². The van der Waals surface area contributed by atoms with Gasteiger partial charge in [0.1, 0.15) is 16.5 Å². The van der Waals surface area contributed by atoms with Gasteiger partial charge in [-0.25, -0.2) is 17.9 Å². The lowest BCUT2D eigenvalue weighted by Crippen LogP contribution is -2.13. The molecule has 1 aromatic heterocycles. The van der Waals surface area contributed by atoms with Crippen LogP contribution < -0.4 is 9.88 Å². The van der Waals surface area contributed by atoms with Crippen LogP contribution in [0.3, 0.4) is 0 Å². The Labute approximate surface area is 153 Å². The zero-order valence-corrected chi connectivity index (χ0v) is 15.4. The average molecular weight is 398 g/mol. The Kier molecular flexibility index (Phi) is 4.83. The minimum Gasteiger partial charge on any atom is -0.495 e. The molecule has 0 unspecified atom stereocenters. The van der Waals surface area contributed by atoms with Crippen LogP contribution in [0.1, 0.15) is 0 Å². The third-order valence-corrected chi connectivity index (χ3v) is 5.66. The molecule has 3 rings (SSSR count). The predicted molar refractivity (Wildman–Crippen MR) is 98.1 cm³/mol. The first-order valence-electron chi connectivity index (χ1n) is 7.04. The zero-order valence-electron chi connectivity index (χ0n) is 13.0. The molecule has 25 heavy (non-hydrogen) atoms. The molecule has 0 amide bonds. The van der Waals surface area contributed by atoms with Gasteiger partial charge in [0.25, 0.3) is 0 Å². The summed E-state index contributed by atoms with van der Waals surface area (Å²) in [6, 6.07) is 9.23. The summed E-state index contributed by atoms with van der Waals surface area (Å²) in [6.45, 7) is 0. The van der Waals surface area contributed by atoms with Crippen LogP contribution in [0, 0.1) is 5.82 Å². The van der Waals surface area contributed by atoms with Crippen molar-refractivity contribution in [2.45, 2.75) is 4.90 Å². The fraction of sp³-hybridized carbons (Fsp3) is 0.0588. The summed E-state index contributed by atoms with van der Waals surface area (Å²) in [5.74, 6) is -0.323. The highest BCUT2D eigenvalue weighted by atomic mass is 35.5. The molecule has 2 N–H and O–H groups in total. The Morgan fingerprint density at radius 3 is 2.20 bits per heavy atom. The number of thiophene rings is 1. The molecule has 0 saturated heterocycles. The van der Waals surface area contributed by atoms with Gasteiger partial charge in [-0.3, -0.25) is 0 Å². The molecule has 4 nitrogen and oxygen atoms in total. The molecule has 0 aliphatic rings. The average Bonchev–Trinajstić information content (AvgIpc) is 3.03. The Morgan fingerprint density at radius 1 is 1.08 bits per heavy atom. The summed E-state index contributed by atoms with van der Waals surface area (Å²) in [7, 11) is -2.56. The Bertz CT molecular complexity index is 1050. The first-order valence-corrected chi connectivity index (χ1v) is 9.91. The molecule has 1 heterocycles. The van der Waals surface area contributed by atoms with Crippen LogP contribution in [0.15, 0.2) is 52.1 Å². The number of rotatable bonds is 4. The summed E-state index contributed by atoms with van der Waals surface area (Å²) in [5.41, 5.74) is 3.02. The molecule has 0 fully saturated rings. The molecule has 0 aliphatic carbocycles. The van der Waals surface area contributed by atoms with E-state index < -0.39 is 20.7 Å². The highest BCUT2D eigenvalue weighted by Crippen LogP contribution is 2.38. The molecule has 0 aliphatic heterocycles. The van der Waals surface area contributed by atoms with E-state index in [1.54, 1.807) is 12.1 Å².